The van der Waals surface area contributed by atoms with Crippen LogP contribution in [0.25, 0.3) is 0 Å². The third-order valence-electron chi connectivity index (χ3n) is 5.63. The summed E-state index contributed by atoms with van der Waals surface area (Å²) in [6.07, 6.45) is 1.46. The summed E-state index contributed by atoms with van der Waals surface area (Å²) in [5.74, 6) is -1.08. The lowest BCUT2D eigenvalue weighted by molar-refractivity contribution is -0.114. The normalized spacial score (nSPS) is 14.1. The largest absolute Gasteiger partial charge is 0.339 e. The summed E-state index contributed by atoms with van der Waals surface area (Å²) in [5.41, 5.74) is 2.32. The Balaban J connectivity index is 1.33. The van der Waals surface area contributed by atoms with Crippen LogP contribution in [0.3, 0.4) is 0 Å². The number of halogens is 1. The van der Waals surface area contributed by atoms with Crippen LogP contribution in [0, 0.1) is 5.82 Å². The molecular weight excluding hydrogens is 425 g/mol. The average molecular weight is 449 g/mol. The Morgan fingerprint density at radius 2 is 1.73 bits per heavy atom. The van der Waals surface area contributed by atoms with Crippen LogP contribution in [0.2, 0.25) is 0 Å². The molecule has 9 heteroatoms. The Labute approximate surface area is 190 Å². The Bertz CT molecular complexity index is 1170. The van der Waals surface area contributed by atoms with E-state index in [9.17, 15) is 18.8 Å². The van der Waals surface area contributed by atoms with Crippen LogP contribution >= 0.6 is 0 Å². The number of piperidine rings is 1. The third kappa shape index (κ3) is 5.25. The van der Waals surface area contributed by atoms with Crippen LogP contribution in [0.5, 0.6) is 0 Å². The molecule has 1 saturated heterocycles. The second kappa shape index (κ2) is 9.64. The van der Waals surface area contributed by atoms with Gasteiger partial charge in [0.25, 0.3) is 11.8 Å². The van der Waals surface area contributed by atoms with E-state index < -0.39 is 11.7 Å². The van der Waals surface area contributed by atoms with E-state index in [0.29, 0.717) is 24.3 Å². The van der Waals surface area contributed by atoms with Gasteiger partial charge in [0.05, 0.1) is 5.69 Å². The van der Waals surface area contributed by atoms with Gasteiger partial charge < -0.3 is 15.5 Å². The first-order valence-electron chi connectivity index (χ1n) is 10.7. The summed E-state index contributed by atoms with van der Waals surface area (Å²) in [4.78, 5) is 38.1. The monoisotopic (exact) mass is 449 g/mol. The Hall–Kier alpha value is -4.01. The summed E-state index contributed by atoms with van der Waals surface area (Å²) in [5, 5.41) is 12.2. The molecule has 4 rings (SSSR count). The number of aromatic nitrogens is 2. The number of para-hydroxylation sites is 1. The van der Waals surface area contributed by atoms with Gasteiger partial charge in [-0.25, -0.2) is 4.39 Å². The zero-order valence-corrected chi connectivity index (χ0v) is 18.1. The molecule has 2 heterocycles. The van der Waals surface area contributed by atoms with Gasteiger partial charge in [0.15, 0.2) is 5.69 Å². The number of H-pyrrole nitrogens is 1. The fraction of sp³-hybridized carbons (Fsp3) is 0.250. The quantitative estimate of drug-likeness (QED) is 0.551. The Morgan fingerprint density at radius 3 is 2.39 bits per heavy atom. The first-order chi connectivity index (χ1) is 15.9. The molecule has 1 aliphatic heterocycles. The van der Waals surface area contributed by atoms with E-state index in [0.717, 1.165) is 18.5 Å². The molecule has 0 atom stereocenters. The van der Waals surface area contributed by atoms with Crippen LogP contribution in [0.15, 0.2) is 54.6 Å². The van der Waals surface area contributed by atoms with Crippen molar-refractivity contribution in [3.8, 4) is 0 Å². The number of carbonyl (C=O) groups excluding carboxylic acids is 3. The number of aromatic amines is 1. The maximum absolute atomic E-state index is 13.8. The van der Waals surface area contributed by atoms with E-state index in [1.807, 2.05) is 0 Å². The topological polar surface area (TPSA) is 107 Å². The maximum Gasteiger partial charge on any atom is 0.276 e. The molecule has 3 N–H and O–H groups in total. The summed E-state index contributed by atoms with van der Waals surface area (Å²) >= 11 is 0. The van der Waals surface area contributed by atoms with Gasteiger partial charge >= 0.3 is 0 Å². The summed E-state index contributed by atoms with van der Waals surface area (Å²) in [6, 6.07) is 14.5. The molecule has 33 heavy (non-hydrogen) atoms. The summed E-state index contributed by atoms with van der Waals surface area (Å²) in [6.45, 7) is 2.58. The van der Waals surface area contributed by atoms with Crippen molar-refractivity contribution in [3.63, 3.8) is 0 Å². The molecule has 0 unspecified atom stereocenters. The molecule has 2 aromatic carbocycles. The molecule has 0 aliphatic carbocycles. The molecule has 0 spiro atoms. The second-order valence-electron chi connectivity index (χ2n) is 7.97. The van der Waals surface area contributed by atoms with Crippen LogP contribution in [0.1, 0.15) is 52.2 Å². The minimum Gasteiger partial charge on any atom is -0.339 e. The molecule has 3 amide bonds. The first-order valence-corrected chi connectivity index (χ1v) is 10.7. The van der Waals surface area contributed by atoms with Gasteiger partial charge in [-0.15, -0.1) is 0 Å². The highest BCUT2D eigenvalue weighted by atomic mass is 19.1. The van der Waals surface area contributed by atoms with Gasteiger partial charge in [0.1, 0.15) is 5.82 Å². The zero-order valence-electron chi connectivity index (χ0n) is 18.1. The van der Waals surface area contributed by atoms with Crippen molar-refractivity contribution < 1.29 is 18.8 Å². The fourth-order valence-corrected chi connectivity index (χ4v) is 3.89. The van der Waals surface area contributed by atoms with Crippen LogP contribution < -0.4 is 10.6 Å². The summed E-state index contributed by atoms with van der Waals surface area (Å²) < 4.78 is 13.8. The number of hydrogen-bond acceptors (Lipinski definition) is 4. The molecule has 1 aliphatic rings. The van der Waals surface area contributed by atoms with Gasteiger partial charge in [-0.1, -0.05) is 12.1 Å². The molecule has 0 radical (unpaired) electrons. The maximum atomic E-state index is 13.8. The Kier molecular flexibility index (Phi) is 6.48. The molecular formula is C24H24FN5O3. The third-order valence-corrected chi connectivity index (χ3v) is 5.63. The number of nitrogens with one attached hydrogen (secondary N) is 3. The SMILES string of the molecule is CC(=O)Nc1ccc(C(=O)N2CCC(c3cc(C(=O)Nc4ccccc4F)n[nH]3)CC2)cc1. The lowest BCUT2D eigenvalue weighted by Gasteiger charge is -2.31. The number of hydrogen-bond donors (Lipinski definition) is 3. The van der Waals surface area contributed by atoms with Gasteiger partial charge in [0.2, 0.25) is 5.91 Å². The number of carbonyl (C=O) groups is 3. The number of amides is 3. The van der Waals surface area contributed by atoms with Gasteiger partial charge in [-0.2, -0.15) is 5.10 Å². The number of likely N-dealkylation sites (tertiary alicyclic amines) is 1. The molecule has 8 nitrogen and oxygen atoms in total. The highest BCUT2D eigenvalue weighted by Crippen LogP contribution is 2.28. The lowest BCUT2D eigenvalue weighted by Crippen LogP contribution is -2.38. The van der Waals surface area contributed by atoms with Crippen molar-refractivity contribution in [2.75, 3.05) is 23.7 Å². The van der Waals surface area contributed by atoms with E-state index in [1.165, 1.54) is 19.1 Å². The number of rotatable bonds is 5. The van der Waals surface area contributed by atoms with Crippen LogP contribution in [0.4, 0.5) is 15.8 Å². The van der Waals surface area contributed by atoms with E-state index in [4.69, 9.17) is 0 Å². The van der Waals surface area contributed by atoms with Crippen molar-refractivity contribution in [1.29, 1.82) is 0 Å². The molecule has 1 aromatic heterocycles. The van der Waals surface area contributed by atoms with Crippen molar-refractivity contribution in [3.05, 3.63) is 77.4 Å². The highest BCUT2D eigenvalue weighted by Gasteiger charge is 2.26. The first kappa shape index (κ1) is 22.2. The van der Waals surface area contributed by atoms with E-state index in [-0.39, 0.29) is 29.1 Å². The number of anilines is 2. The lowest BCUT2D eigenvalue weighted by atomic mass is 9.93. The predicted molar refractivity (Wildman–Crippen MR) is 122 cm³/mol. The molecule has 1 fully saturated rings. The zero-order chi connectivity index (χ0) is 23.4. The fourth-order valence-electron chi connectivity index (χ4n) is 3.89. The summed E-state index contributed by atoms with van der Waals surface area (Å²) in [7, 11) is 0. The van der Waals surface area contributed by atoms with Crippen LogP contribution in [-0.2, 0) is 4.79 Å². The average Bonchev–Trinajstić information content (AvgIpc) is 3.31. The van der Waals surface area contributed by atoms with E-state index in [1.54, 1.807) is 47.4 Å². The minimum atomic E-state index is -0.511. The molecule has 0 saturated carbocycles. The van der Waals surface area contributed by atoms with Crippen molar-refractivity contribution in [2.45, 2.75) is 25.7 Å². The van der Waals surface area contributed by atoms with Gasteiger partial charge in [0, 0.05) is 42.9 Å². The molecule has 170 valence electrons. The molecule has 3 aromatic rings. The highest BCUT2D eigenvalue weighted by molar-refractivity contribution is 6.03. The smallest absolute Gasteiger partial charge is 0.276 e. The van der Waals surface area contributed by atoms with Crippen molar-refractivity contribution in [2.24, 2.45) is 0 Å². The predicted octanol–water partition coefficient (Wildman–Crippen LogP) is 3.78. The van der Waals surface area contributed by atoms with Gasteiger partial charge in [-0.3, -0.25) is 19.5 Å². The standard InChI is InChI=1S/C24H24FN5O3/c1-15(31)26-18-8-6-17(7-9-18)24(33)30-12-10-16(11-13-30)21-14-22(29-28-21)23(32)27-20-5-3-2-4-19(20)25/h2-9,14,16H,10-13H2,1H3,(H,26,31)(H,27,32)(H,28,29). The van der Waals surface area contributed by atoms with Crippen LogP contribution in [-0.4, -0.2) is 45.9 Å². The second-order valence-corrected chi connectivity index (χ2v) is 7.97. The number of nitrogens with zero attached hydrogens (tertiary/aromatic N) is 2. The molecule has 0 bridgehead atoms. The van der Waals surface area contributed by atoms with Gasteiger partial charge in [-0.05, 0) is 55.3 Å². The van der Waals surface area contributed by atoms with E-state index >= 15 is 0 Å². The Morgan fingerprint density at radius 1 is 1.03 bits per heavy atom. The number of benzene rings is 2. The minimum absolute atomic E-state index is 0.0580. The van der Waals surface area contributed by atoms with E-state index in [2.05, 4.69) is 20.8 Å². The van der Waals surface area contributed by atoms with Crippen molar-refractivity contribution in [1.82, 2.24) is 15.1 Å². The van der Waals surface area contributed by atoms with Crippen molar-refractivity contribution >= 4 is 29.1 Å².